The molecule has 8 heteroatoms. The SMILES string of the molecule is CCc1c(-c2nnc(-c3ccncc3)o2)nnn1-c1ccc(OC)cc1. The van der Waals surface area contributed by atoms with Crippen molar-refractivity contribution in [2.24, 2.45) is 0 Å². The molecule has 0 saturated carbocycles. The Balaban J connectivity index is 1.72. The second-order valence-electron chi connectivity index (χ2n) is 5.50. The summed E-state index contributed by atoms with van der Waals surface area (Å²) in [7, 11) is 1.63. The van der Waals surface area contributed by atoms with Crippen molar-refractivity contribution < 1.29 is 9.15 Å². The molecule has 0 atom stereocenters. The molecule has 4 aromatic rings. The van der Waals surface area contributed by atoms with Gasteiger partial charge in [0.1, 0.15) is 5.75 Å². The van der Waals surface area contributed by atoms with Crippen molar-refractivity contribution in [1.29, 1.82) is 0 Å². The van der Waals surface area contributed by atoms with Gasteiger partial charge in [-0.1, -0.05) is 12.1 Å². The van der Waals surface area contributed by atoms with Crippen LogP contribution >= 0.6 is 0 Å². The monoisotopic (exact) mass is 348 g/mol. The quantitative estimate of drug-likeness (QED) is 0.547. The predicted molar refractivity (Wildman–Crippen MR) is 93.8 cm³/mol. The van der Waals surface area contributed by atoms with Crippen LogP contribution < -0.4 is 4.74 Å². The van der Waals surface area contributed by atoms with Crippen LogP contribution in [0.1, 0.15) is 12.6 Å². The minimum atomic E-state index is 0.341. The number of hydrogen-bond donors (Lipinski definition) is 0. The molecular weight excluding hydrogens is 332 g/mol. The summed E-state index contributed by atoms with van der Waals surface area (Å²) >= 11 is 0. The summed E-state index contributed by atoms with van der Waals surface area (Å²) in [6.45, 7) is 2.03. The van der Waals surface area contributed by atoms with Crippen LogP contribution in [0.4, 0.5) is 0 Å². The summed E-state index contributed by atoms with van der Waals surface area (Å²) in [4.78, 5) is 3.99. The van der Waals surface area contributed by atoms with Crippen molar-refractivity contribution in [2.75, 3.05) is 7.11 Å². The van der Waals surface area contributed by atoms with Gasteiger partial charge in [0.2, 0.25) is 5.89 Å². The highest BCUT2D eigenvalue weighted by molar-refractivity contribution is 5.57. The lowest BCUT2D eigenvalue weighted by Gasteiger charge is -2.06. The van der Waals surface area contributed by atoms with Gasteiger partial charge in [0.15, 0.2) is 5.69 Å². The van der Waals surface area contributed by atoms with E-state index in [1.165, 1.54) is 0 Å². The number of methoxy groups -OCH3 is 1. The van der Waals surface area contributed by atoms with E-state index in [1.54, 1.807) is 24.2 Å². The Hall–Kier alpha value is -3.55. The number of nitrogens with zero attached hydrogens (tertiary/aromatic N) is 6. The first-order chi connectivity index (χ1) is 12.8. The van der Waals surface area contributed by atoms with E-state index in [4.69, 9.17) is 9.15 Å². The first-order valence-corrected chi connectivity index (χ1v) is 8.13. The summed E-state index contributed by atoms with van der Waals surface area (Å²) in [5, 5.41) is 16.8. The standard InChI is InChI=1S/C18H16N6O2/c1-3-15-16(18-22-21-17(26-18)12-8-10-19-11-9-12)20-23-24(15)13-4-6-14(25-2)7-5-13/h4-11H,3H2,1-2H3. The molecule has 4 rings (SSSR count). The zero-order chi connectivity index (χ0) is 17.9. The summed E-state index contributed by atoms with van der Waals surface area (Å²) in [5.74, 6) is 1.54. The zero-order valence-electron chi connectivity index (χ0n) is 14.3. The van der Waals surface area contributed by atoms with Crippen LogP contribution in [0.5, 0.6) is 5.75 Å². The van der Waals surface area contributed by atoms with Crippen LogP contribution in [-0.2, 0) is 6.42 Å². The van der Waals surface area contributed by atoms with Crippen molar-refractivity contribution in [1.82, 2.24) is 30.2 Å². The molecule has 0 aliphatic carbocycles. The van der Waals surface area contributed by atoms with Gasteiger partial charge >= 0.3 is 0 Å². The highest BCUT2D eigenvalue weighted by atomic mass is 16.5. The molecule has 0 unspecified atom stereocenters. The van der Waals surface area contributed by atoms with E-state index in [9.17, 15) is 0 Å². The van der Waals surface area contributed by atoms with E-state index in [1.807, 2.05) is 43.3 Å². The van der Waals surface area contributed by atoms with E-state index in [-0.39, 0.29) is 0 Å². The van der Waals surface area contributed by atoms with Crippen molar-refractivity contribution in [3.05, 3.63) is 54.5 Å². The Morgan fingerprint density at radius 2 is 1.69 bits per heavy atom. The average Bonchev–Trinajstić information content (AvgIpc) is 3.35. The molecule has 0 saturated heterocycles. The van der Waals surface area contributed by atoms with Gasteiger partial charge in [-0.05, 0) is 42.8 Å². The van der Waals surface area contributed by atoms with Gasteiger partial charge in [-0.3, -0.25) is 4.98 Å². The molecule has 3 aromatic heterocycles. The molecule has 0 amide bonds. The minimum Gasteiger partial charge on any atom is -0.497 e. The van der Waals surface area contributed by atoms with Gasteiger partial charge < -0.3 is 9.15 Å². The summed E-state index contributed by atoms with van der Waals surface area (Å²) in [6.07, 6.45) is 4.06. The Labute approximate surface area is 149 Å². The smallest absolute Gasteiger partial charge is 0.270 e. The number of benzene rings is 1. The molecule has 0 fully saturated rings. The molecule has 0 N–H and O–H groups in total. The van der Waals surface area contributed by atoms with Gasteiger partial charge in [0.25, 0.3) is 5.89 Å². The first-order valence-electron chi connectivity index (χ1n) is 8.13. The number of hydrogen-bond acceptors (Lipinski definition) is 7. The van der Waals surface area contributed by atoms with Crippen LogP contribution in [0.25, 0.3) is 28.7 Å². The van der Waals surface area contributed by atoms with Crippen LogP contribution in [0.2, 0.25) is 0 Å². The third-order valence-corrected chi connectivity index (χ3v) is 3.97. The van der Waals surface area contributed by atoms with Gasteiger partial charge in [0.05, 0.1) is 18.5 Å². The molecule has 0 spiro atoms. The zero-order valence-corrected chi connectivity index (χ0v) is 14.3. The first kappa shape index (κ1) is 15.9. The minimum absolute atomic E-state index is 0.341. The molecule has 0 aliphatic heterocycles. The van der Waals surface area contributed by atoms with E-state index in [0.29, 0.717) is 23.9 Å². The van der Waals surface area contributed by atoms with E-state index in [0.717, 1.165) is 22.7 Å². The van der Waals surface area contributed by atoms with Crippen LogP contribution in [0.15, 0.2) is 53.2 Å². The summed E-state index contributed by atoms with van der Waals surface area (Å²) < 4.78 is 12.8. The summed E-state index contributed by atoms with van der Waals surface area (Å²) in [6, 6.07) is 11.2. The lowest BCUT2D eigenvalue weighted by molar-refractivity contribution is 0.414. The molecule has 26 heavy (non-hydrogen) atoms. The van der Waals surface area contributed by atoms with Crippen LogP contribution in [0.3, 0.4) is 0 Å². The molecular formula is C18H16N6O2. The number of pyridine rings is 1. The molecule has 130 valence electrons. The van der Waals surface area contributed by atoms with Gasteiger partial charge in [-0.2, -0.15) is 0 Å². The molecule has 3 heterocycles. The highest BCUT2D eigenvalue weighted by Gasteiger charge is 2.20. The van der Waals surface area contributed by atoms with E-state index < -0.39 is 0 Å². The fourth-order valence-corrected chi connectivity index (χ4v) is 2.65. The normalized spacial score (nSPS) is 10.8. The van der Waals surface area contributed by atoms with E-state index >= 15 is 0 Å². The number of rotatable bonds is 5. The third-order valence-electron chi connectivity index (χ3n) is 3.97. The molecule has 8 nitrogen and oxygen atoms in total. The second kappa shape index (κ2) is 6.75. The second-order valence-corrected chi connectivity index (χ2v) is 5.50. The lowest BCUT2D eigenvalue weighted by Crippen LogP contribution is -2.02. The fraction of sp³-hybridized carbons (Fsp3) is 0.167. The van der Waals surface area contributed by atoms with Crippen molar-refractivity contribution >= 4 is 0 Å². The van der Waals surface area contributed by atoms with Gasteiger partial charge in [0, 0.05) is 18.0 Å². The largest absolute Gasteiger partial charge is 0.497 e. The maximum Gasteiger partial charge on any atom is 0.270 e. The Morgan fingerprint density at radius 1 is 0.962 bits per heavy atom. The lowest BCUT2D eigenvalue weighted by atomic mass is 10.2. The van der Waals surface area contributed by atoms with Gasteiger partial charge in [-0.15, -0.1) is 15.3 Å². The topological polar surface area (TPSA) is 91.8 Å². The summed E-state index contributed by atoms with van der Waals surface area (Å²) in [5.41, 5.74) is 3.16. The maximum atomic E-state index is 5.80. The molecule has 0 radical (unpaired) electrons. The van der Waals surface area contributed by atoms with Crippen molar-refractivity contribution in [2.45, 2.75) is 13.3 Å². The number of aromatic nitrogens is 6. The fourth-order valence-electron chi connectivity index (χ4n) is 2.65. The maximum absolute atomic E-state index is 5.80. The highest BCUT2D eigenvalue weighted by Crippen LogP contribution is 2.26. The number of ether oxygens (including phenoxy) is 1. The third kappa shape index (κ3) is 2.81. The Bertz CT molecular complexity index is 1010. The molecule has 0 bridgehead atoms. The Morgan fingerprint density at radius 3 is 2.38 bits per heavy atom. The van der Waals surface area contributed by atoms with Crippen LogP contribution in [-0.4, -0.2) is 37.3 Å². The van der Waals surface area contributed by atoms with Crippen molar-refractivity contribution in [3.8, 4) is 34.5 Å². The molecule has 1 aromatic carbocycles. The van der Waals surface area contributed by atoms with Crippen molar-refractivity contribution in [3.63, 3.8) is 0 Å². The van der Waals surface area contributed by atoms with Crippen LogP contribution in [0, 0.1) is 0 Å². The molecule has 0 aliphatic rings. The Kier molecular flexibility index (Phi) is 4.14. The van der Waals surface area contributed by atoms with E-state index in [2.05, 4.69) is 25.5 Å². The van der Waals surface area contributed by atoms with Gasteiger partial charge in [-0.25, -0.2) is 4.68 Å². The predicted octanol–water partition coefficient (Wildman–Crippen LogP) is 2.95. The average molecular weight is 348 g/mol.